The van der Waals surface area contributed by atoms with E-state index in [9.17, 15) is 14.4 Å². The summed E-state index contributed by atoms with van der Waals surface area (Å²) in [5.41, 5.74) is 1.32. The van der Waals surface area contributed by atoms with E-state index in [1.165, 1.54) is 9.36 Å². The zero-order valence-electron chi connectivity index (χ0n) is 15.3. The third-order valence-electron chi connectivity index (χ3n) is 5.64. The number of para-hydroxylation sites is 1. The smallest absolute Gasteiger partial charge is 0.277 e. The number of aromatic nitrogens is 2. The average molecular weight is 374 g/mol. The minimum absolute atomic E-state index is 0.0174. The van der Waals surface area contributed by atoms with Gasteiger partial charge in [0.1, 0.15) is 11.8 Å². The van der Waals surface area contributed by atoms with Gasteiger partial charge in [0.05, 0.1) is 23.6 Å². The standard InChI is InChI=1S/C22H18N2O4/c1-28-18-12-5-4-9-15(18)20-19-16(10-6-11-17(19)25)23-21(26)13-7-2-3-8-14(13)22(27)24(20)23/h2-5,7-9,12,20H,6,10-11H2,1H3. The Kier molecular flexibility index (Phi) is 3.62. The first kappa shape index (κ1) is 16.7. The Hall–Kier alpha value is -3.41. The molecule has 0 saturated carbocycles. The van der Waals surface area contributed by atoms with Crippen molar-refractivity contribution in [2.45, 2.75) is 25.3 Å². The maximum Gasteiger partial charge on any atom is 0.277 e. The van der Waals surface area contributed by atoms with Crippen LogP contribution < -0.4 is 15.9 Å². The molecule has 3 aromatic rings. The molecule has 1 aliphatic heterocycles. The quantitative estimate of drug-likeness (QED) is 0.692. The molecule has 2 aliphatic rings. The molecule has 2 aromatic carbocycles. The van der Waals surface area contributed by atoms with Gasteiger partial charge in [0.15, 0.2) is 5.78 Å². The number of Topliss-reactive ketones (excluding diaryl/α,β-unsaturated/α-hetero) is 1. The Bertz CT molecular complexity index is 1300. The summed E-state index contributed by atoms with van der Waals surface area (Å²) in [6.45, 7) is 0. The molecule has 2 heterocycles. The van der Waals surface area contributed by atoms with Crippen molar-refractivity contribution in [3.8, 4) is 5.75 Å². The van der Waals surface area contributed by atoms with Gasteiger partial charge in [-0.2, -0.15) is 0 Å². The van der Waals surface area contributed by atoms with Crippen molar-refractivity contribution in [1.82, 2.24) is 9.36 Å². The Morgan fingerprint density at radius 2 is 1.57 bits per heavy atom. The molecular formula is C22H18N2O4. The summed E-state index contributed by atoms with van der Waals surface area (Å²) in [7, 11) is 1.56. The maximum atomic E-state index is 13.4. The van der Waals surface area contributed by atoms with E-state index < -0.39 is 6.04 Å². The van der Waals surface area contributed by atoms with E-state index in [1.807, 2.05) is 18.2 Å². The van der Waals surface area contributed by atoms with Gasteiger partial charge in [-0.15, -0.1) is 0 Å². The summed E-state index contributed by atoms with van der Waals surface area (Å²) in [5, 5.41) is 0.727. The number of carbonyl (C=O) groups excluding carboxylic acids is 1. The van der Waals surface area contributed by atoms with Gasteiger partial charge >= 0.3 is 0 Å². The highest BCUT2D eigenvalue weighted by atomic mass is 16.5. The molecule has 1 aliphatic carbocycles. The lowest BCUT2D eigenvalue weighted by Crippen LogP contribution is -2.37. The van der Waals surface area contributed by atoms with Crippen molar-refractivity contribution >= 4 is 22.3 Å². The summed E-state index contributed by atoms with van der Waals surface area (Å²) >= 11 is 0. The van der Waals surface area contributed by atoms with Gasteiger partial charge in [-0.1, -0.05) is 30.3 Å². The number of hydrogen-bond donors (Lipinski definition) is 0. The molecular weight excluding hydrogens is 356 g/mol. The number of ether oxygens (including phenoxy) is 1. The average Bonchev–Trinajstić information content (AvgIpc) is 3.09. The number of allylic oxidation sites excluding steroid dienone is 2. The zero-order valence-corrected chi connectivity index (χ0v) is 15.3. The van der Waals surface area contributed by atoms with Gasteiger partial charge in [0.25, 0.3) is 11.1 Å². The van der Waals surface area contributed by atoms with E-state index in [-0.39, 0.29) is 16.9 Å². The van der Waals surface area contributed by atoms with Gasteiger partial charge < -0.3 is 4.74 Å². The van der Waals surface area contributed by atoms with Gasteiger partial charge in [0.2, 0.25) is 0 Å². The lowest BCUT2D eigenvalue weighted by Gasteiger charge is -2.20. The van der Waals surface area contributed by atoms with Crippen LogP contribution >= 0.6 is 0 Å². The van der Waals surface area contributed by atoms with E-state index in [4.69, 9.17) is 4.74 Å². The SMILES string of the molecule is COc1ccccc1C1C2=C(CCCC2=O)n2c(=O)c3ccccc3c(=O)n21. The van der Waals surface area contributed by atoms with Crippen molar-refractivity contribution < 1.29 is 9.53 Å². The lowest BCUT2D eigenvalue weighted by molar-refractivity contribution is -0.116. The first-order valence-corrected chi connectivity index (χ1v) is 9.29. The van der Waals surface area contributed by atoms with Crippen LogP contribution in [-0.2, 0) is 4.79 Å². The van der Waals surface area contributed by atoms with Crippen molar-refractivity contribution in [1.29, 1.82) is 0 Å². The molecule has 0 saturated heterocycles. The van der Waals surface area contributed by atoms with Crippen LogP contribution in [0.5, 0.6) is 5.75 Å². The van der Waals surface area contributed by atoms with E-state index in [0.29, 0.717) is 52.6 Å². The molecule has 6 heteroatoms. The topological polar surface area (TPSA) is 70.3 Å². The Morgan fingerprint density at radius 1 is 0.893 bits per heavy atom. The monoisotopic (exact) mass is 374 g/mol. The maximum absolute atomic E-state index is 13.4. The minimum Gasteiger partial charge on any atom is -0.496 e. The Labute approximate surface area is 160 Å². The fourth-order valence-electron chi connectivity index (χ4n) is 4.45. The highest BCUT2D eigenvalue weighted by Gasteiger charge is 2.40. The van der Waals surface area contributed by atoms with Crippen LogP contribution in [0.25, 0.3) is 16.5 Å². The van der Waals surface area contributed by atoms with Crippen LogP contribution in [0.2, 0.25) is 0 Å². The number of hydrogen-bond acceptors (Lipinski definition) is 4. The lowest BCUT2D eigenvalue weighted by atomic mass is 9.87. The van der Waals surface area contributed by atoms with E-state index >= 15 is 0 Å². The molecule has 28 heavy (non-hydrogen) atoms. The van der Waals surface area contributed by atoms with Crippen molar-refractivity contribution in [2.24, 2.45) is 0 Å². The Balaban J connectivity index is 1.95. The summed E-state index contributed by atoms with van der Waals surface area (Å²) in [5.74, 6) is 0.565. The molecule has 0 N–H and O–H groups in total. The molecule has 1 aromatic heterocycles. The number of benzene rings is 2. The highest BCUT2D eigenvalue weighted by Crippen LogP contribution is 2.43. The number of carbonyl (C=O) groups is 1. The van der Waals surface area contributed by atoms with Crippen LogP contribution in [0.15, 0.2) is 63.7 Å². The van der Waals surface area contributed by atoms with Gasteiger partial charge in [-0.3, -0.25) is 14.4 Å². The number of fused-ring (bicyclic) bond motifs is 3. The minimum atomic E-state index is -0.663. The first-order valence-electron chi connectivity index (χ1n) is 9.29. The molecule has 6 nitrogen and oxygen atoms in total. The normalized spacial score (nSPS) is 18.3. The van der Waals surface area contributed by atoms with Crippen molar-refractivity contribution in [3.63, 3.8) is 0 Å². The second kappa shape index (κ2) is 6.05. The zero-order chi connectivity index (χ0) is 19.4. The first-order chi connectivity index (χ1) is 13.6. The van der Waals surface area contributed by atoms with Gasteiger partial charge in [-0.25, -0.2) is 9.36 Å². The molecule has 140 valence electrons. The second-order valence-corrected chi connectivity index (χ2v) is 7.09. The molecule has 5 rings (SSSR count). The van der Waals surface area contributed by atoms with Crippen molar-refractivity contribution in [3.05, 3.63) is 80.4 Å². The molecule has 1 atom stereocenters. The molecule has 0 fully saturated rings. The summed E-state index contributed by atoms with van der Waals surface area (Å²) in [6.07, 6.45) is 1.68. The number of methoxy groups -OCH3 is 1. The summed E-state index contributed by atoms with van der Waals surface area (Å²) in [4.78, 5) is 39.6. The van der Waals surface area contributed by atoms with E-state index in [2.05, 4.69) is 0 Å². The number of nitrogens with zero attached hydrogens (tertiary/aromatic N) is 2. The fourth-order valence-corrected chi connectivity index (χ4v) is 4.45. The third-order valence-corrected chi connectivity index (χ3v) is 5.64. The van der Waals surface area contributed by atoms with Crippen LogP contribution in [0.1, 0.15) is 30.9 Å². The van der Waals surface area contributed by atoms with Crippen LogP contribution in [-0.4, -0.2) is 22.3 Å². The summed E-state index contributed by atoms with van der Waals surface area (Å²) in [6, 6.07) is 13.5. The Morgan fingerprint density at radius 3 is 2.32 bits per heavy atom. The largest absolute Gasteiger partial charge is 0.496 e. The fraction of sp³-hybridized carbons (Fsp3) is 0.227. The number of rotatable bonds is 2. The summed E-state index contributed by atoms with van der Waals surface area (Å²) < 4.78 is 8.37. The second-order valence-electron chi connectivity index (χ2n) is 7.09. The van der Waals surface area contributed by atoms with Crippen LogP contribution in [0.3, 0.4) is 0 Å². The van der Waals surface area contributed by atoms with Gasteiger partial charge in [0, 0.05) is 17.6 Å². The van der Waals surface area contributed by atoms with E-state index in [1.54, 1.807) is 37.4 Å². The van der Waals surface area contributed by atoms with Crippen molar-refractivity contribution in [2.75, 3.05) is 7.11 Å². The van der Waals surface area contributed by atoms with Crippen LogP contribution in [0, 0.1) is 0 Å². The molecule has 0 radical (unpaired) electrons. The third kappa shape index (κ3) is 2.11. The van der Waals surface area contributed by atoms with Crippen LogP contribution in [0.4, 0.5) is 0 Å². The highest BCUT2D eigenvalue weighted by molar-refractivity contribution is 6.04. The molecule has 1 unspecified atom stereocenters. The molecule has 0 amide bonds. The van der Waals surface area contributed by atoms with Gasteiger partial charge in [-0.05, 0) is 31.0 Å². The van der Waals surface area contributed by atoms with E-state index in [0.717, 1.165) is 0 Å². The molecule has 0 spiro atoms. The number of ketones is 1. The predicted octanol–water partition coefficient (Wildman–Crippen LogP) is 2.74. The molecule has 0 bridgehead atoms. The predicted molar refractivity (Wildman–Crippen MR) is 106 cm³/mol.